The summed E-state index contributed by atoms with van der Waals surface area (Å²) in [6.45, 7) is 6.80. The SMILES string of the molecule is CCCC[N+](C)(C)C.CCCC[NH3+].[Cl-].[Cl-]. The van der Waals surface area contributed by atoms with Crippen molar-refractivity contribution >= 4 is 0 Å². The van der Waals surface area contributed by atoms with Crippen molar-refractivity contribution in [1.29, 1.82) is 0 Å². The zero-order chi connectivity index (χ0) is 10.7. The highest BCUT2D eigenvalue weighted by molar-refractivity contribution is 4.29. The molecule has 0 unspecified atom stereocenters. The van der Waals surface area contributed by atoms with Gasteiger partial charge >= 0.3 is 0 Å². The lowest BCUT2D eigenvalue weighted by molar-refractivity contribution is -0.870. The molecule has 0 spiro atoms. The molecule has 0 heterocycles. The van der Waals surface area contributed by atoms with Crippen molar-refractivity contribution in [1.82, 2.24) is 0 Å². The average Bonchev–Trinajstić information content (AvgIpc) is 2.02. The molecule has 0 aromatic carbocycles. The maximum absolute atomic E-state index is 3.68. The molecule has 0 aromatic heterocycles. The summed E-state index contributed by atoms with van der Waals surface area (Å²) in [6, 6.07) is 0. The molecular formula is C11H30Cl2N2. The maximum Gasteiger partial charge on any atom is 0.0780 e. The fourth-order valence-corrected chi connectivity index (χ4v) is 0.882. The molecule has 0 saturated carbocycles. The summed E-state index contributed by atoms with van der Waals surface area (Å²) in [6.07, 6.45) is 5.22. The van der Waals surface area contributed by atoms with Crippen LogP contribution in [0.15, 0.2) is 0 Å². The molecule has 0 atom stereocenters. The van der Waals surface area contributed by atoms with Crippen LogP contribution in [0.3, 0.4) is 0 Å². The second kappa shape index (κ2) is 16.9. The Kier molecular flexibility index (Phi) is 27.8. The molecule has 2 nitrogen and oxygen atoms in total. The number of rotatable bonds is 5. The number of halogens is 2. The number of hydrogen-bond donors (Lipinski definition) is 1. The van der Waals surface area contributed by atoms with Gasteiger partial charge in [0.05, 0.1) is 34.2 Å². The van der Waals surface area contributed by atoms with Crippen molar-refractivity contribution in [3.05, 3.63) is 0 Å². The van der Waals surface area contributed by atoms with Gasteiger partial charge in [-0.2, -0.15) is 0 Å². The van der Waals surface area contributed by atoms with Crippen molar-refractivity contribution in [2.24, 2.45) is 0 Å². The Balaban J connectivity index is -0.0000000770. The minimum absolute atomic E-state index is 0. The van der Waals surface area contributed by atoms with Crippen molar-refractivity contribution < 1.29 is 35.0 Å². The Morgan fingerprint density at radius 2 is 1.27 bits per heavy atom. The predicted octanol–water partition coefficient (Wildman–Crippen LogP) is -4.47. The Labute approximate surface area is 109 Å². The zero-order valence-electron chi connectivity index (χ0n) is 11.2. The molecule has 0 aromatic rings. The van der Waals surface area contributed by atoms with E-state index >= 15 is 0 Å². The van der Waals surface area contributed by atoms with Gasteiger partial charge in [-0.15, -0.1) is 0 Å². The van der Waals surface area contributed by atoms with Gasteiger partial charge in [0.1, 0.15) is 0 Å². The van der Waals surface area contributed by atoms with E-state index in [2.05, 4.69) is 40.7 Å². The molecule has 0 saturated heterocycles. The van der Waals surface area contributed by atoms with Gasteiger partial charge < -0.3 is 35.0 Å². The van der Waals surface area contributed by atoms with Crippen LogP contribution in [0.4, 0.5) is 0 Å². The first-order chi connectivity index (χ1) is 5.97. The highest BCUT2D eigenvalue weighted by Gasteiger charge is 2.02. The van der Waals surface area contributed by atoms with Gasteiger partial charge in [0.2, 0.25) is 0 Å². The van der Waals surface area contributed by atoms with Crippen LogP contribution in [0, 0.1) is 0 Å². The van der Waals surface area contributed by atoms with Crippen molar-refractivity contribution in [3.63, 3.8) is 0 Å². The molecule has 0 radical (unpaired) electrons. The minimum atomic E-state index is 0. The summed E-state index contributed by atoms with van der Waals surface area (Å²) in [5, 5.41) is 0. The summed E-state index contributed by atoms with van der Waals surface area (Å²) in [5.41, 5.74) is 3.68. The summed E-state index contributed by atoms with van der Waals surface area (Å²) in [4.78, 5) is 0. The highest BCUT2D eigenvalue weighted by Crippen LogP contribution is 1.95. The van der Waals surface area contributed by atoms with Crippen molar-refractivity contribution in [2.75, 3.05) is 34.2 Å². The molecule has 98 valence electrons. The fraction of sp³-hybridized carbons (Fsp3) is 1.00. The summed E-state index contributed by atoms with van der Waals surface area (Å²) in [7, 11) is 6.70. The van der Waals surface area contributed by atoms with E-state index in [1.807, 2.05) is 0 Å². The van der Waals surface area contributed by atoms with E-state index in [4.69, 9.17) is 0 Å². The van der Waals surface area contributed by atoms with Crippen LogP contribution < -0.4 is 30.5 Å². The van der Waals surface area contributed by atoms with Gasteiger partial charge in [-0.25, -0.2) is 0 Å². The topological polar surface area (TPSA) is 27.6 Å². The lowest BCUT2D eigenvalue weighted by atomic mass is 10.3. The lowest BCUT2D eigenvalue weighted by Gasteiger charge is -2.23. The monoisotopic (exact) mass is 260 g/mol. The van der Waals surface area contributed by atoms with Gasteiger partial charge in [0.15, 0.2) is 0 Å². The first kappa shape index (κ1) is 24.6. The molecular weight excluding hydrogens is 231 g/mol. The molecule has 0 rings (SSSR count). The molecule has 0 aliphatic rings. The van der Waals surface area contributed by atoms with E-state index in [1.165, 1.54) is 32.2 Å². The zero-order valence-corrected chi connectivity index (χ0v) is 12.7. The van der Waals surface area contributed by atoms with Gasteiger partial charge in [-0.3, -0.25) is 0 Å². The molecule has 0 bridgehead atoms. The second-order valence-corrected chi connectivity index (χ2v) is 4.57. The van der Waals surface area contributed by atoms with E-state index in [0.717, 1.165) is 11.0 Å². The van der Waals surface area contributed by atoms with E-state index in [-0.39, 0.29) is 24.8 Å². The molecule has 0 aliphatic carbocycles. The van der Waals surface area contributed by atoms with Crippen LogP contribution in [0.2, 0.25) is 0 Å². The van der Waals surface area contributed by atoms with Crippen LogP contribution in [0.5, 0.6) is 0 Å². The lowest BCUT2D eigenvalue weighted by Crippen LogP contribution is -3.00. The predicted molar refractivity (Wildman–Crippen MR) is 60.5 cm³/mol. The maximum atomic E-state index is 3.68. The van der Waals surface area contributed by atoms with Crippen LogP contribution in [-0.4, -0.2) is 38.7 Å². The van der Waals surface area contributed by atoms with Crippen LogP contribution in [0.1, 0.15) is 39.5 Å². The van der Waals surface area contributed by atoms with E-state index in [0.29, 0.717) is 0 Å². The van der Waals surface area contributed by atoms with Gasteiger partial charge in [0.25, 0.3) is 0 Å². The van der Waals surface area contributed by atoms with E-state index in [9.17, 15) is 0 Å². The summed E-state index contributed by atoms with van der Waals surface area (Å²) >= 11 is 0. The summed E-state index contributed by atoms with van der Waals surface area (Å²) < 4.78 is 1.10. The third kappa shape index (κ3) is 40.3. The quantitative estimate of drug-likeness (QED) is 0.484. The third-order valence-electron chi connectivity index (χ3n) is 1.79. The number of unbranched alkanes of at least 4 members (excludes halogenated alkanes) is 2. The van der Waals surface area contributed by atoms with Crippen LogP contribution in [-0.2, 0) is 0 Å². The van der Waals surface area contributed by atoms with E-state index in [1.54, 1.807) is 0 Å². The van der Waals surface area contributed by atoms with Crippen molar-refractivity contribution in [3.8, 4) is 0 Å². The molecule has 0 amide bonds. The normalized spacial score (nSPS) is 9.20. The second-order valence-electron chi connectivity index (χ2n) is 4.57. The Bertz CT molecular complexity index is 91.1. The van der Waals surface area contributed by atoms with Gasteiger partial charge in [0, 0.05) is 0 Å². The largest absolute Gasteiger partial charge is 1.00 e. The highest BCUT2D eigenvalue weighted by atomic mass is 35.5. The fourth-order valence-electron chi connectivity index (χ4n) is 0.882. The summed E-state index contributed by atoms with van der Waals surface area (Å²) in [5.74, 6) is 0. The third-order valence-corrected chi connectivity index (χ3v) is 1.79. The smallest absolute Gasteiger partial charge is 0.0780 e. The molecule has 3 N–H and O–H groups in total. The van der Waals surface area contributed by atoms with Crippen LogP contribution >= 0.6 is 0 Å². The van der Waals surface area contributed by atoms with Crippen molar-refractivity contribution in [2.45, 2.75) is 39.5 Å². The first-order valence-corrected chi connectivity index (χ1v) is 5.57. The molecule has 4 heteroatoms. The van der Waals surface area contributed by atoms with Crippen LogP contribution in [0.25, 0.3) is 0 Å². The number of nitrogens with zero attached hydrogens (tertiary/aromatic N) is 1. The van der Waals surface area contributed by atoms with Gasteiger partial charge in [-0.05, 0) is 12.8 Å². The number of quaternary nitrogens is 2. The van der Waals surface area contributed by atoms with Gasteiger partial charge in [-0.1, -0.05) is 26.7 Å². The number of hydrogen-bond acceptors (Lipinski definition) is 0. The standard InChI is InChI=1S/C7H18N.C4H11N.2ClH/c1-5-6-7-8(2,3)4;1-2-3-4-5;;/h5-7H2,1-4H3;2-5H2,1H3;2*1H/q+1;;;/p-1. The Morgan fingerprint density at radius 1 is 0.867 bits per heavy atom. The molecule has 0 fully saturated rings. The van der Waals surface area contributed by atoms with E-state index < -0.39 is 0 Å². The average molecular weight is 261 g/mol. The molecule has 0 aliphatic heterocycles. The molecule has 15 heavy (non-hydrogen) atoms. The Morgan fingerprint density at radius 3 is 1.33 bits per heavy atom. The first-order valence-electron chi connectivity index (χ1n) is 5.57. The minimum Gasteiger partial charge on any atom is -1.00 e. The Hall–Kier alpha value is 0.500.